The van der Waals surface area contributed by atoms with E-state index in [4.69, 9.17) is 0 Å². The molecule has 2 N–H and O–H groups in total. The van der Waals surface area contributed by atoms with Crippen LogP contribution in [0.4, 0.5) is 0 Å². The maximum atomic E-state index is 12.7. The Morgan fingerprint density at radius 2 is 1.82 bits per heavy atom. The van der Waals surface area contributed by atoms with Crippen LogP contribution in [0.3, 0.4) is 0 Å². The van der Waals surface area contributed by atoms with Crippen molar-refractivity contribution in [3.05, 3.63) is 11.6 Å². The number of carboxylic acids is 1. The minimum Gasteiger partial charge on any atom is -0.481 e. The van der Waals surface area contributed by atoms with Gasteiger partial charge in [0.25, 0.3) is 0 Å². The maximum Gasteiger partial charge on any atom is 0.306 e. The topological polar surface area (TPSA) is 91.7 Å². The summed E-state index contributed by atoms with van der Waals surface area (Å²) < 4.78 is 0. The van der Waals surface area contributed by atoms with Gasteiger partial charge < -0.3 is 10.2 Å². The number of carboxylic acid groups (broad SMARTS) is 1. The molecule has 4 aliphatic carbocycles. The van der Waals surface area contributed by atoms with Crippen LogP contribution in [-0.2, 0) is 14.4 Å². The maximum absolute atomic E-state index is 12.7. The van der Waals surface area contributed by atoms with E-state index < -0.39 is 11.6 Å². The molecule has 5 heteroatoms. The van der Waals surface area contributed by atoms with Crippen LogP contribution in [0, 0.1) is 40.4 Å². The predicted octanol–water partition coefficient (Wildman–Crippen LogP) is 5.74. The number of ketones is 2. The van der Waals surface area contributed by atoms with Crippen LogP contribution in [0.25, 0.3) is 0 Å². The molecule has 5 nitrogen and oxygen atoms in total. The molecule has 4 aliphatic rings. The summed E-state index contributed by atoms with van der Waals surface area (Å²) in [7, 11) is 0. The number of allylic oxidation sites excluding steroid dienone is 1. The minimum absolute atomic E-state index is 0.0431. The van der Waals surface area contributed by atoms with Crippen LogP contribution in [0.1, 0.15) is 105 Å². The van der Waals surface area contributed by atoms with Gasteiger partial charge in [-0.2, -0.15) is 0 Å². The first-order valence-corrected chi connectivity index (χ1v) is 13.7. The van der Waals surface area contributed by atoms with Gasteiger partial charge in [-0.05, 0) is 99.9 Å². The molecule has 0 aromatic heterocycles. The molecule has 3 fully saturated rings. The zero-order valence-electron chi connectivity index (χ0n) is 21.6. The van der Waals surface area contributed by atoms with Gasteiger partial charge >= 0.3 is 5.97 Å². The van der Waals surface area contributed by atoms with Crippen molar-refractivity contribution in [2.24, 2.45) is 40.4 Å². The third-order valence-corrected chi connectivity index (χ3v) is 11.1. The van der Waals surface area contributed by atoms with E-state index in [-0.39, 0.29) is 34.2 Å². The summed E-state index contributed by atoms with van der Waals surface area (Å²) in [6.07, 6.45) is 11.8. The average molecular weight is 473 g/mol. The van der Waals surface area contributed by atoms with Crippen LogP contribution in [-0.4, -0.2) is 33.3 Å². The standard InChI is InChI=1S/C29H44O5/c1-5-7-19(26(32)33)8-6-9-20-16-22(31)17-21-10-11-23-24-13-15-29(34,18(2)30)27(24,3)14-12-25(23)28(20,21)4/h17,19-20,23-25,34H,5-16H2,1-4H3,(H,32,33)/t19?,20?,23-,24-,25-,27-,28-,29-/m0/s1. The van der Waals surface area contributed by atoms with E-state index in [1.807, 2.05) is 13.0 Å². The van der Waals surface area contributed by atoms with E-state index in [0.29, 0.717) is 43.4 Å². The molecule has 3 saturated carbocycles. The Kier molecular flexibility index (Phi) is 6.92. The zero-order chi connectivity index (χ0) is 24.9. The normalized spacial score (nSPS) is 42.3. The first-order chi connectivity index (χ1) is 16.0. The Morgan fingerprint density at radius 3 is 2.47 bits per heavy atom. The van der Waals surface area contributed by atoms with E-state index in [0.717, 1.165) is 51.4 Å². The molecule has 0 radical (unpaired) electrons. The number of Topliss-reactive ketones (excluding diaryl/α,β-unsaturated/α-hetero) is 1. The zero-order valence-corrected chi connectivity index (χ0v) is 21.6. The van der Waals surface area contributed by atoms with E-state index >= 15 is 0 Å². The summed E-state index contributed by atoms with van der Waals surface area (Å²) in [5.74, 6) is 0.688. The molecule has 0 spiro atoms. The molecule has 0 aromatic carbocycles. The predicted molar refractivity (Wildman–Crippen MR) is 131 cm³/mol. The van der Waals surface area contributed by atoms with Gasteiger partial charge in [0.2, 0.25) is 0 Å². The highest BCUT2D eigenvalue weighted by Gasteiger charge is 2.66. The van der Waals surface area contributed by atoms with Crippen molar-refractivity contribution in [3.63, 3.8) is 0 Å². The van der Waals surface area contributed by atoms with Gasteiger partial charge in [0.1, 0.15) is 5.60 Å². The Balaban J connectivity index is 1.57. The highest BCUT2D eigenvalue weighted by Crippen LogP contribution is 2.68. The number of hydrogen-bond donors (Lipinski definition) is 2. The average Bonchev–Trinajstić information content (AvgIpc) is 3.06. The summed E-state index contributed by atoms with van der Waals surface area (Å²) in [5.41, 5.74) is -0.292. The van der Waals surface area contributed by atoms with Crippen molar-refractivity contribution < 1.29 is 24.6 Å². The summed E-state index contributed by atoms with van der Waals surface area (Å²) >= 11 is 0. The highest BCUT2D eigenvalue weighted by molar-refractivity contribution is 5.92. The lowest BCUT2D eigenvalue weighted by molar-refractivity contribution is -0.161. The number of fused-ring (bicyclic) bond motifs is 5. The van der Waals surface area contributed by atoms with Crippen LogP contribution in [0.5, 0.6) is 0 Å². The largest absolute Gasteiger partial charge is 0.481 e. The molecule has 0 aromatic rings. The Hall–Kier alpha value is -1.49. The first kappa shape index (κ1) is 25.6. The van der Waals surface area contributed by atoms with Crippen molar-refractivity contribution in [2.75, 3.05) is 0 Å². The fourth-order valence-corrected chi connectivity index (χ4v) is 9.11. The van der Waals surface area contributed by atoms with Gasteiger partial charge in [0.15, 0.2) is 11.6 Å². The van der Waals surface area contributed by atoms with E-state index in [1.165, 1.54) is 5.57 Å². The van der Waals surface area contributed by atoms with Crippen LogP contribution in [0.2, 0.25) is 0 Å². The molecule has 4 rings (SSSR count). The second-order valence-corrected chi connectivity index (χ2v) is 12.4. The second-order valence-electron chi connectivity index (χ2n) is 12.4. The van der Waals surface area contributed by atoms with Crippen molar-refractivity contribution in [1.29, 1.82) is 0 Å². The monoisotopic (exact) mass is 472 g/mol. The third-order valence-electron chi connectivity index (χ3n) is 11.1. The molecule has 0 bridgehead atoms. The highest BCUT2D eigenvalue weighted by atomic mass is 16.4. The molecular formula is C29H44O5. The molecule has 34 heavy (non-hydrogen) atoms. The lowest BCUT2D eigenvalue weighted by Crippen LogP contribution is -2.58. The number of carbonyl (C=O) groups is 3. The third kappa shape index (κ3) is 3.81. The van der Waals surface area contributed by atoms with Crippen molar-refractivity contribution >= 4 is 17.5 Å². The molecule has 0 saturated heterocycles. The summed E-state index contributed by atoms with van der Waals surface area (Å²) in [4.78, 5) is 36.8. The molecule has 190 valence electrons. The van der Waals surface area contributed by atoms with Gasteiger partial charge in [0.05, 0.1) is 5.92 Å². The fraction of sp³-hybridized carbons (Fsp3) is 0.828. The van der Waals surface area contributed by atoms with Gasteiger partial charge in [-0.3, -0.25) is 14.4 Å². The summed E-state index contributed by atoms with van der Waals surface area (Å²) in [6, 6.07) is 0. The van der Waals surface area contributed by atoms with Crippen molar-refractivity contribution in [3.8, 4) is 0 Å². The number of rotatable bonds is 8. The van der Waals surface area contributed by atoms with E-state index in [2.05, 4.69) is 13.8 Å². The van der Waals surface area contributed by atoms with Crippen molar-refractivity contribution in [2.45, 2.75) is 110 Å². The van der Waals surface area contributed by atoms with Gasteiger partial charge in [-0.15, -0.1) is 0 Å². The molecule has 8 atom stereocenters. The lowest BCUT2D eigenvalue weighted by atomic mass is 9.44. The Bertz CT molecular complexity index is 876. The second kappa shape index (κ2) is 9.19. The van der Waals surface area contributed by atoms with Crippen molar-refractivity contribution in [1.82, 2.24) is 0 Å². The number of carbonyl (C=O) groups excluding carboxylic acids is 2. The van der Waals surface area contributed by atoms with Crippen LogP contribution >= 0.6 is 0 Å². The molecule has 0 amide bonds. The molecule has 0 aliphatic heterocycles. The van der Waals surface area contributed by atoms with Gasteiger partial charge in [-0.25, -0.2) is 0 Å². The summed E-state index contributed by atoms with van der Waals surface area (Å²) in [5, 5.41) is 21.0. The molecule has 2 unspecified atom stereocenters. The smallest absolute Gasteiger partial charge is 0.306 e. The Morgan fingerprint density at radius 1 is 1.12 bits per heavy atom. The first-order valence-electron chi connectivity index (χ1n) is 13.7. The van der Waals surface area contributed by atoms with Crippen LogP contribution < -0.4 is 0 Å². The number of aliphatic hydroxyl groups is 1. The van der Waals surface area contributed by atoms with Crippen LogP contribution in [0.15, 0.2) is 11.6 Å². The fourth-order valence-electron chi connectivity index (χ4n) is 9.11. The lowest BCUT2D eigenvalue weighted by Gasteiger charge is -2.60. The van der Waals surface area contributed by atoms with E-state index in [9.17, 15) is 24.6 Å². The van der Waals surface area contributed by atoms with E-state index in [1.54, 1.807) is 6.92 Å². The SMILES string of the molecule is CCCC(CCCC1CC(=O)C=C2CC[C@H]3[C@@H]4CC[C@](O)(C(C)=O)[C@@]4(C)CC[C@@H]3[C@]21C)C(=O)O. The summed E-state index contributed by atoms with van der Waals surface area (Å²) in [6.45, 7) is 8.11. The number of aliphatic carboxylic acids is 1. The van der Waals surface area contributed by atoms with Gasteiger partial charge in [-0.1, -0.05) is 39.2 Å². The Labute approximate surface area is 204 Å². The number of hydrogen-bond acceptors (Lipinski definition) is 4. The minimum atomic E-state index is -1.20. The van der Waals surface area contributed by atoms with Gasteiger partial charge in [0, 0.05) is 11.8 Å². The quantitative estimate of drug-likeness (QED) is 0.470. The molecular weight excluding hydrogens is 428 g/mol. The molecule has 0 heterocycles.